The van der Waals surface area contributed by atoms with Crippen LogP contribution in [0.1, 0.15) is 36.6 Å². The van der Waals surface area contributed by atoms with Gasteiger partial charge in [-0.2, -0.15) is 5.10 Å². The summed E-state index contributed by atoms with van der Waals surface area (Å²) in [5, 5.41) is 4.18. The van der Waals surface area contributed by atoms with Crippen LogP contribution in [0.4, 0.5) is 0 Å². The van der Waals surface area contributed by atoms with Gasteiger partial charge >= 0.3 is 5.97 Å². The standard InChI is InChI=1S/C14H18N2O4/c1-9-7-13(18)16(15-11(9)5-6-17)12(14(19)20-2)8-10-3-4-10/h6-7,10,12H,3-5,8H2,1-2H3/t12-/m0/s1. The number of hydrogen-bond acceptors (Lipinski definition) is 5. The molecule has 1 fully saturated rings. The predicted molar refractivity (Wildman–Crippen MR) is 71.4 cm³/mol. The maximum atomic E-state index is 12.1. The Morgan fingerprint density at radius 3 is 2.85 bits per heavy atom. The van der Waals surface area contributed by atoms with Crippen molar-refractivity contribution in [2.75, 3.05) is 7.11 Å². The van der Waals surface area contributed by atoms with Gasteiger partial charge in [0.15, 0.2) is 6.04 Å². The lowest BCUT2D eigenvalue weighted by atomic mass is 10.1. The lowest BCUT2D eigenvalue weighted by Gasteiger charge is -2.17. The van der Waals surface area contributed by atoms with E-state index in [4.69, 9.17) is 4.74 Å². The van der Waals surface area contributed by atoms with Crippen molar-refractivity contribution in [1.29, 1.82) is 0 Å². The minimum absolute atomic E-state index is 0.128. The highest BCUT2D eigenvalue weighted by Gasteiger charge is 2.32. The van der Waals surface area contributed by atoms with Gasteiger partial charge in [-0.25, -0.2) is 9.48 Å². The van der Waals surface area contributed by atoms with Gasteiger partial charge < -0.3 is 9.53 Å². The molecule has 1 aromatic rings. The van der Waals surface area contributed by atoms with E-state index in [0.29, 0.717) is 23.6 Å². The van der Waals surface area contributed by atoms with Crippen LogP contribution >= 0.6 is 0 Å². The lowest BCUT2D eigenvalue weighted by molar-refractivity contribution is -0.145. The molecule has 1 heterocycles. The minimum Gasteiger partial charge on any atom is -0.467 e. The van der Waals surface area contributed by atoms with E-state index in [1.165, 1.54) is 13.2 Å². The minimum atomic E-state index is -0.703. The van der Waals surface area contributed by atoms with Crippen molar-refractivity contribution < 1.29 is 14.3 Å². The Labute approximate surface area is 116 Å². The summed E-state index contributed by atoms with van der Waals surface area (Å²) in [5.74, 6) is -0.0176. The molecule has 1 aliphatic rings. The number of nitrogens with zero attached hydrogens (tertiary/aromatic N) is 2. The molecule has 6 nitrogen and oxygen atoms in total. The van der Waals surface area contributed by atoms with Crippen molar-refractivity contribution in [2.24, 2.45) is 5.92 Å². The normalized spacial score (nSPS) is 15.7. The average molecular weight is 278 g/mol. The van der Waals surface area contributed by atoms with Crippen molar-refractivity contribution in [3.8, 4) is 0 Å². The molecule has 0 radical (unpaired) electrons. The maximum Gasteiger partial charge on any atom is 0.330 e. The zero-order chi connectivity index (χ0) is 14.7. The number of rotatable bonds is 6. The van der Waals surface area contributed by atoms with Gasteiger partial charge in [-0.05, 0) is 24.8 Å². The van der Waals surface area contributed by atoms with Gasteiger partial charge in [-0.3, -0.25) is 4.79 Å². The average Bonchev–Trinajstić information content (AvgIpc) is 3.23. The third-order valence-electron chi connectivity index (χ3n) is 3.55. The molecule has 0 aromatic carbocycles. The number of esters is 1. The number of aromatic nitrogens is 2. The summed E-state index contributed by atoms with van der Waals surface area (Å²) in [7, 11) is 1.30. The zero-order valence-corrected chi connectivity index (χ0v) is 11.7. The summed E-state index contributed by atoms with van der Waals surface area (Å²) in [6.45, 7) is 1.73. The largest absolute Gasteiger partial charge is 0.467 e. The van der Waals surface area contributed by atoms with Crippen LogP contribution in [0.15, 0.2) is 10.9 Å². The zero-order valence-electron chi connectivity index (χ0n) is 11.7. The SMILES string of the molecule is COC(=O)[C@H](CC1CC1)n1nc(CC=O)c(C)cc1=O. The number of aryl methyl sites for hydroxylation is 1. The van der Waals surface area contributed by atoms with Crippen molar-refractivity contribution in [3.05, 3.63) is 27.7 Å². The molecule has 6 heteroatoms. The summed E-state index contributed by atoms with van der Waals surface area (Å²) >= 11 is 0. The Morgan fingerprint density at radius 2 is 2.30 bits per heavy atom. The molecule has 1 aliphatic carbocycles. The van der Waals surface area contributed by atoms with Crippen LogP contribution in [0.2, 0.25) is 0 Å². The smallest absolute Gasteiger partial charge is 0.330 e. The summed E-state index contributed by atoms with van der Waals surface area (Å²) in [6, 6.07) is 0.709. The number of ether oxygens (including phenoxy) is 1. The third-order valence-corrected chi connectivity index (χ3v) is 3.55. The molecular formula is C14H18N2O4. The first-order valence-corrected chi connectivity index (χ1v) is 6.67. The molecule has 20 heavy (non-hydrogen) atoms. The Morgan fingerprint density at radius 1 is 1.60 bits per heavy atom. The van der Waals surface area contributed by atoms with E-state index in [0.717, 1.165) is 23.8 Å². The highest BCUT2D eigenvalue weighted by Crippen LogP contribution is 2.36. The van der Waals surface area contributed by atoms with Crippen LogP contribution in [-0.4, -0.2) is 29.1 Å². The quantitative estimate of drug-likeness (QED) is 0.568. The molecule has 108 valence electrons. The molecule has 1 atom stereocenters. The van der Waals surface area contributed by atoms with Crippen molar-refractivity contribution >= 4 is 12.3 Å². The van der Waals surface area contributed by atoms with Crippen molar-refractivity contribution in [3.63, 3.8) is 0 Å². The first-order valence-electron chi connectivity index (χ1n) is 6.67. The molecule has 1 saturated carbocycles. The molecule has 0 amide bonds. The van der Waals surface area contributed by atoms with Gasteiger partial charge in [0.05, 0.1) is 12.8 Å². The van der Waals surface area contributed by atoms with Gasteiger partial charge in [-0.1, -0.05) is 12.8 Å². The van der Waals surface area contributed by atoms with E-state index < -0.39 is 12.0 Å². The maximum absolute atomic E-state index is 12.1. The molecule has 0 saturated heterocycles. The van der Waals surface area contributed by atoms with E-state index in [-0.39, 0.29) is 12.0 Å². The second-order valence-corrected chi connectivity index (χ2v) is 5.15. The molecule has 0 N–H and O–H groups in total. The van der Waals surface area contributed by atoms with Crippen molar-refractivity contribution in [1.82, 2.24) is 9.78 Å². The van der Waals surface area contributed by atoms with Gasteiger partial charge in [0.1, 0.15) is 6.29 Å². The van der Waals surface area contributed by atoms with E-state index >= 15 is 0 Å². The molecule has 0 bridgehead atoms. The Hall–Kier alpha value is -1.98. The number of aldehydes is 1. The second-order valence-electron chi connectivity index (χ2n) is 5.15. The van der Waals surface area contributed by atoms with Gasteiger partial charge in [0, 0.05) is 12.5 Å². The monoisotopic (exact) mass is 278 g/mol. The summed E-state index contributed by atoms with van der Waals surface area (Å²) < 4.78 is 5.93. The van der Waals surface area contributed by atoms with Gasteiger partial charge in [0.2, 0.25) is 0 Å². The molecule has 0 unspecified atom stereocenters. The van der Waals surface area contributed by atoms with Crippen LogP contribution in [-0.2, 0) is 20.7 Å². The Kier molecular flexibility index (Phi) is 4.32. The molecule has 2 rings (SSSR count). The second kappa shape index (κ2) is 5.98. The fourth-order valence-corrected chi connectivity index (χ4v) is 2.20. The highest BCUT2D eigenvalue weighted by molar-refractivity contribution is 5.74. The molecule has 1 aromatic heterocycles. The first-order chi connectivity index (χ1) is 9.56. The third kappa shape index (κ3) is 3.12. The van der Waals surface area contributed by atoms with Crippen LogP contribution < -0.4 is 5.56 Å². The fraction of sp³-hybridized carbons (Fsp3) is 0.571. The summed E-state index contributed by atoms with van der Waals surface area (Å²) in [6.07, 6.45) is 3.55. The molecule has 0 spiro atoms. The van der Waals surface area contributed by atoms with Gasteiger partial charge in [0.25, 0.3) is 5.56 Å². The van der Waals surface area contributed by atoms with E-state index in [2.05, 4.69) is 5.10 Å². The van der Waals surface area contributed by atoms with Crippen molar-refractivity contribution in [2.45, 2.75) is 38.6 Å². The topological polar surface area (TPSA) is 78.3 Å². The van der Waals surface area contributed by atoms with E-state index in [9.17, 15) is 14.4 Å². The van der Waals surface area contributed by atoms with Crippen LogP contribution in [0.5, 0.6) is 0 Å². The summed E-state index contributed by atoms with van der Waals surface area (Å²) in [5.41, 5.74) is 0.839. The number of carbonyl (C=O) groups excluding carboxylic acids is 2. The van der Waals surface area contributed by atoms with E-state index in [1.807, 2.05) is 0 Å². The van der Waals surface area contributed by atoms with E-state index in [1.54, 1.807) is 6.92 Å². The highest BCUT2D eigenvalue weighted by atomic mass is 16.5. The van der Waals surface area contributed by atoms with Crippen LogP contribution in [0, 0.1) is 12.8 Å². The van der Waals surface area contributed by atoms with Crippen LogP contribution in [0.25, 0.3) is 0 Å². The Balaban J connectivity index is 2.40. The van der Waals surface area contributed by atoms with Gasteiger partial charge in [-0.15, -0.1) is 0 Å². The predicted octanol–water partition coefficient (Wildman–Crippen LogP) is 0.807. The lowest BCUT2D eigenvalue weighted by Crippen LogP contribution is -2.34. The number of methoxy groups -OCH3 is 1. The van der Waals surface area contributed by atoms with Crippen LogP contribution in [0.3, 0.4) is 0 Å². The Bertz CT molecular complexity index is 575. The number of carbonyl (C=O) groups is 2. The molecule has 0 aliphatic heterocycles. The fourth-order valence-electron chi connectivity index (χ4n) is 2.20. The first kappa shape index (κ1) is 14.4. The summed E-state index contributed by atoms with van der Waals surface area (Å²) in [4.78, 5) is 34.6. The molecular weight excluding hydrogens is 260 g/mol. The number of hydrogen-bond donors (Lipinski definition) is 0.